The number of hydrogen-bond donors (Lipinski definition) is 2. The van der Waals surface area contributed by atoms with E-state index in [4.69, 9.17) is 5.73 Å². The number of nitrogens with zero attached hydrogens (tertiary/aromatic N) is 1. The number of nitro groups is 1. The van der Waals surface area contributed by atoms with Gasteiger partial charge in [0.05, 0.1) is 16.6 Å². The van der Waals surface area contributed by atoms with Crippen LogP contribution in [0.5, 0.6) is 0 Å². The zero-order valence-corrected chi connectivity index (χ0v) is 11.7. The summed E-state index contributed by atoms with van der Waals surface area (Å²) in [6.07, 6.45) is 1.35. The fourth-order valence-corrected chi connectivity index (χ4v) is 1.71. The van der Waals surface area contributed by atoms with Crippen molar-refractivity contribution in [3.63, 3.8) is 0 Å². The Kier molecular flexibility index (Phi) is 4.65. The molecule has 0 aliphatic rings. The average Bonchev–Trinajstić information content (AvgIpc) is 2.40. The number of anilines is 1. The lowest BCUT2D eigenvalue weighted by Gasteiger charge is -2.28. The SMILES string of the molecule is CCC(C)(CC)NC(=O)c1cc(F)cc([N+](=O)[O-])c1N. The number of nitrogens with two attached hydrogens (primary N) is 1. The molecule has 0 fully saturated rings. The summed E-state index contributed by atoms with van der Waals surface area (Å²) in [5.74, 6) is -1.48. The summed E-state index contributed by atoms with van der Waals surface area (Å²) in [5, 5.41) is 13.5. The minimum absolute atomic E-state index is 0.218. The number of benzene rings is 1. The van der Waals surface area contributed by atoms with Crippen LogP contribution >= 0.6 is 0 Å². The zero-order valence-electron chi connectivity index (χ0n) is 11.7. The summed E-state index contributed by atoms with van der Waals surface area (Å²) in [7, 11) is 0. The largest absolute Gasteiger partial charge is 0.393 e. The van der Waals surface area contributed by atoms with Gasteiger partial charge < -0.3 is 11.1 Å². The third-order valence-electron chi connectivity index (χ3n) is 3.54. The predicted molar refractivity (Wildman–Crippen MR) is 73.9 cm³/mol. The molecule has 0 heterocycles. The van der Waals surface area contributed by atoms with Crippen molar-refractivity contribution in [2.75, 3.05) is 5.73 Å². The second-order valence-electron chi connectivity index (χ2n) is 4.87. The molecule has 0 unspecified atom stereocenters. The molecule has 0 bridgehead atoms. The Labute approximate surface area is 116 Å². The van der Waals surface area contributed by atoms with E-state index in [2.05, 4.69) is 5.32 Å². The highest BCUT2D eigenvalue weighted by Gasteiger charge is 2.27. The number of rotatable bonds is 5. The smallest absolute Gasteiger partial charge is 0.295 e. The molecule has 1 aromatic carbocycles. The molecule has 0 spiro atoms. The van der Waals surface area contributed by atoms with E-state index >= 15 is 0 Å². The Hall–Kier alpha value is -2.18. The quantitative estimate of drug-likeness (QED) is 0.493. The molecule has 110 valence electrons. The van der Waals surface area contributed by atoms with Crippen LogP contribution in [0.2, 0.25) is 0 Å². The molecule has 0 saturated heterocycles. The fourth-order valence-electron chi connectivity index (χ4n) is 1.71. The molecule has 0 atom stereocenters. The van der Waals surface area contributed by atoms with E-state index in [0.717, 1.165) is 6.07 Å². The molecular formula is C13H18FN3O3. The highest BCUT2D eigenvalue weighted by molar-refractivity contribution is 6.01. The zero-order chi connectivity index (χ0) is 15.5. The van der Waals surface area contributed by atoms with Gasteiger partial charge in [0, 0.05) is 5.54 Å². The first-order chi connectivity index (χ1) is 9.24. The number of hydrogen-bond acceptors (Lipinski definition) is 4. The van der Waals surface area contributed by atoms with Crippen LogP contribution in [0.3, 0.4) is 0 Å². The molecule has 20 heavy (non-hydrogen) atoms. The minimum atomic E-state index is -0.870. The molecule has 0 aromatic heterocycles. The average molecular weight is 283 g/mol. The lowest BCUT2D eigenvalue weighted by Crippen LogP contribution is -2.45. The standard InChI is InChI=1S/C13H18FN3O3/c1-4-13(3,5-2)16-12(18)9-6-8(14)7-10(11(9)15)17(19)20/h6-7H,4-5,15H2,1-3H3,(H,16,18). The maximum atomic E-state index is 13.4. The van der Waals surface area contributed by atoms with E-state index in [-0.39, 0.29) is 11.3 Å². The molecule has 0 saturated carbocycles. The molecule has 0 aliphatic carbocycles. The molecular weight excluding hydrogens is 265 g/mol. The summed E-state index contributed by atoms with van der Waals surface area (Å²) < 4.78 is 13.4. The monoisotopic (exact) mass is 283 g/mol. The Morgan fingerprint density at radius 1 is 1.45 bits per heavy atom. The van der Waals surface area contributed by atoms with Crippen molar-refractivity contribution in [1.82, 2.24) is 5.32 Å². The van der Waals surface area contributed by atoms with Gasteiger partial charge in [-0.15, -0.1) is 0 Å². The van der Waals surface area contributed by atoms with E-state index in [1.807, 2.05) is 20.8 Å². The van der Waals surface area contributed by atoms with Crippen molar-refractivity contribution in [3.05, 3.63) is 33.6 Å². The van der Waals surface area contributed by atoms with Crippen LogP contribution < -0.4 is 11.1 Å². The number of nitro benzene ring substituents is 1. The minimum Gasteiger partial charge on any atom is -0.393 e. The van der Waals surface area contributed by atoms with Gasteiger partial charge in [-0.3, -0.25) is 14.9 Å². The van der Waals surface area contributed by atoms with Crippen LogP contribution in [0.15, 0.2) is 12.1 Å². The summed E-state index contributed by atoms with van der Waals surface area (Å²) in [6.45, 7) is 5.65. The van der Waals surface area contributed by atoms with Crippen LogP contribution in [0, 0.1) is 15.9 Å². The second kappa shape index (κ2) is 5.85. The van der Waals surface area contributed by atoms with Gasteiger partial charge in [0.15, 0.2) is 0 Å². The molecule has 7 heteroatoms. The number of nitrogen functional groups attached to an aromatic ring is 1. The Bertz CT molecular complexity index is 542. The Morgan fingerprint density at radius 2 is 2.00 bits per heavy atom. The van der Waals surface area contributed by atoms with Crippen LogP contribution in [0.25, 0.3) is 0 Å². The second-order valence-corrected chi connectivity index (χ2v) is 4.87. The summed E-state index contributed by atoms with van der Waals surface area (Å²) in [4.78, 5) is 22.1. The normalized spacial score (nSPS) is 11.2. The van der Waals surface area contributed by atoms with Gasteiger partial charge in [-0.25, -0.2) is 4.39 Å². The van der Waals surface area contributed by atoms with Crippen molar-refractivity contribution in [1.29, 1.82) is 0 Å². The molecule has 6 nitrogen and oxygen atoms in total. The molecule has 1 rings (SSSR count). The molecule has 0 aliphatic heterocycles. The van der Waals surface area contributed by atoms with Gasteiger partial charge in [0.2, 0.25) is 0 Å². The fraction of sp³-hybridized carbons (Fsp3) is 0.462. The van der Waals surface area contributed by atoms with Gasteiger partial charge >= 0.3 is 0 Å². The van der Waals surface area contributed by atoms with Crippen molar-refractivity contribution in [2.24, 2.45) is 0 Å². The highest BCUT2D eigenvalue weighted by atomic mass is 19.1. The number of halogens is 1. The molecule has 3 N–H and O–H groups in total. The van der Waals surface area contributed by atoms with Crippen LogP contribution in [0.4, 0.5) is 15.8 Å². The van der Waals surface area contributed by atoms with Crippen LogP contribution in [-0.2, 0) is 0 Å². The first-order valence-electron chi connectivity index (χ1n) is 6.30. The predicted octanol–water partition coefficient (Wildman–Crippen LogP) is 2.62. The third kappa shape index (κ3) is 3.23. The Balaban J connectivity index is 3.20. The summed E-state index contributed by atoms with van der Waals surface area (Å²) in [5.41, 5.74) is 3.96. The van der Waals surface area contributed by atoms with Crippen molar-refractivity contribution >= 4 is 17.3 Å². The van der Waals surface area contributed by atoms with E-state index in [1.165, 1.54) is 0 Å². The van der Waals surface area contributed by atoms with Gasteiger partial charge in [-0.2, -0.15) is 0 Å². The van der Waals surface area contributed by atoms with Gasteiger partial charge in [-0.05, 0) is 25.8 Å². The van der Waals surface area contributed by atoms with E-state index in [1.54, 1.807) is 0 Å². The van der Waals surface area contributed by atoms with Crippen molar-refractivity contribution < 1.29 is 14.1 Å². The number of amides is 1. The third-order valence-corrected chi connectivity index (χ3v) is 3.54. The van der Waals surface area contributed by atoms with Gasteiger partial charge in [0.25, 0.3) is 11.6 Å². The lowest BCUT2D eigenvalue weighted by molar-refractivity contribution is -0.384. The lowest BCUT2D eigenvalue weighted by atomic mass is 9.95. The maximum absolute atomic E-state index is 13.4. The summed E-state index contributed by atoms with van der Waals surface area (Å²) >= 11 is 0. The number of carbonyl (C=O) groups excluding carboxylic acids is 1. The summed E-state index contributed by atoms with van der Waals surface area (Å²) in [6, 6.07) is 1.61. The van der Waals surface area contributed by atoms with Crippen molar-refractivity contribution in [2.45, 2.75) is 39.2 Å². The van der Waals surface area contributed by atoms with E-state index in [0.29, 0.717) is 18.9 Å². The molecule has 1 amide bonds. The maximum Gasteiger partial charge on any atom is 0.295 e. The number of nitrogens with one attached hydrogen (secondary N) is 1. The van der Waals surface area contributed by atoms with Crippen molar-refractivity contribution in [3.8, 4) is 0 Å². The van der Waals surface area contributed by atoms with Crippen LogP contribution in [-0.4, -0.2) is 16.4 Å². The number of carbonyl (C=O) groups is 1. The van der Waals surface area contributed by atoms with E-state index < -0.39 is 27.9 Å². The van der Waals surface area contributed by atoms with Crippen LogP contribution in [0.1, 0.15) is 44.0 Å². The molecule has 0 radical (unpaired) electrons. The van der Waals surface area contributed by atoms with Gasteiger partial charge in [0.1, 0.15) is 11.5 Å². The topological polar surface area (TPSA) is 98.3 Å². The Morgan fingerprint density at radius 3 is 2.45 bits per heavy atom. The highest BCUT2D eigenvalue weighted by Crippen LogP contribution is 2.27. The first-order valence-corrected chi connectivity index (χ1v) is 6.30. The van der Waals surface area contributed by atoms with Gasteiger partial charge in [-0.1, -0.05) is 13.8 Å². The molecule has 1 aromatic rings. The van der Waals surface area contributed by atoms with E-state index in [9.17, 15) is 19.3 Å². The first kappa shape index (κ1) is 15.9.